The first-order valence-corrected chi connectivity index (χ1v) is 7.77. The van der Waals surface area contributed by atoms with Crippen molar-refractivity contribution in [3.8, 4) is 0 Å². The minimum absolute atomic E-state index is 0.00180. The van der Waals surface area contributed by atoms with Gasteiger partial charge in [-0.3, -0.25) is 4.79 Å². The Labute approximate surface area is 119 Å². The summed E-state index contributed by atoms with van der Waals surface area (Å²) in [5.41, 5.74) is 1.31. The van der Waals surface area contributed by atoms with Crippen molar-refractivity contribution in [2.24, 2.45) is 5.41 Å². The SMILES string of the molecule is CC(C)(C)C(CCO)NC(=O)c1cc2c(s1)CCC2. The number of aliphatic hydroxyl groups excluding tert-OH is 1. The Kier molecular flexibility index (Phi) is 4.31. The van der Waals surface area contributed by atoms with E-state index in [-0.39, 0.29) is 24.0 Å². The maximum atomic E-state index is 12.3. The van der Waals surface area contributed by atoms with Gasteiger partial charge in [0.15, 0.2) is 0 Å². The van der Waals surface area contributed by atoms with E-state index in [4.69, 9.17) is 5.11 Å². The molecule has 0 radical (unpaired) electrons. The fourth-order valence-electron chi connectivity index (χ4n) is 2.52. The summed E-state index contributed by atoms with van der Waals surface area (Å²) < 4.78 is 0. The summed E-state index contributed by atoms with van der Waals surface area (Å²) in [6, 6.07) is 2.04. The van der Waals surface area contributed by atoms with Crippen molar-refractivity contribution in [2.45, 2.75) is 52.5 Å². The first kappa shape index (κ1) is 14.5. The monoisotopic (exact) mass is 281 g/mol. The van der Waals surface area contributed by atoms with Gasteiger partial charge in [-0.25, -0.2) is 0 Å². The molecule has 1 aliphatic carbocycles. The van der Waals surface area contributed by atoms with Crippen molar-refractivity contribution in [1.82, 2.24) is 5.32 Å². The number of aliphatic hydroxyl groups is 1. The quantitative estimate of drug-likeness (QED) is 0.891. The van der Waals surface area contributed by atoms with Crippen LogP contribution in [0.4, 0.5) is 0 Å². The molecule has 1 unspecified atom stereocenters. The zero-order valence-corrected chi connectivity index (χ0v) is 12.8. The maximum absolute atomic E-state index is 12.3. The molecule has 1 aliphatic rings. The highest BCUT2D eigenvalue weighted by Gasteiger charge is 2.27. The third-order valence-electron chi connectivity index (χ3n) is 3.74. The topological polar surface area (TPSA) is 49.3 Å². The molecular formula is C15H23NO2S. The average Bonchev–Trinajstić information content (AvgIpc) is 2.86. The Bertz CT molecular complexity index is 438. The molecule has 1 atom stereocenters. The van der Waals surface area contributed by atoms with E-state index in [1.165, 1.54) is 16.9 Å². The van der Waals surface area contributed by atoms with Gasteiger partial charge in [0.05, 0.1) is 4.88 Å². The Morgan fingerprint density at radius 1 is 1.47 bits per heavy atom. The van der Waals surface area contributed by atoms with Crippen LogP contribution in [0.2, 0.25) is 0 Å². The van der Waals surface area contributed by atoms with Crippen LogP contribution in [0.3, 0.4) is 0 Å². The van der Waals surface area contributed by atoms with E-state index in [1.807, 2.05) is 6.07 Å². The van der Waals surface area contributed by atoms with Gasteiger partial charge in [0.2, 0.25) is 0 Å². The van der Waals surface area contributed by atoms with Crippen LogP contribution in [0.1, 0.15) is 53.7 Å². The molecule has 2 rings (SSSR count). The van der Waals surface area contributed by atoms with Gasteiger partial charge in [0.25, 0.3) is 5.91 Å². The molecule has 4 heteroatoms. The summed E-state index contributed by atoms with van der Waals surface area (Å²) in [7, 11) is 0. The molecule has 0 fully saturated rings. The number of amides is 1. The lowest BCUT2D eigenvalue weighted by atomic mass is 9.85. The van der Waals surface area contributed by atoms with Gasteiger partial charge in [0, 0.05) is 17.5 Å². The molecule has 1 heterocycles. The molecule has 1 amide bonds. The molecule has 0 saturated carbocycles. The fraction of sp³-hybridized carbons (Fsp3) is 0.667. The van der Waals surface area contributed by atoms with Gasteiger partial charge in [-0.1, -0.05) is 20.8 Å². The lowest BCUT2D eigenvalue weighted by molar-refractivity contribution is 0.0889. The van der Waals surface area contributed by atoms with Crippen molar-refractivity contribution >= 4 is 17.2 Å². The minimum atomic E-state index is -0.0433. The molecule has 0 bridgehead atoms. The molecule has 0 saturated heterocycles. The number of carbonyl (C=O) groups is 1. The van der Waals surface area contributed by atoms with Gasteiger partial charge in [-0.15, -0.1) is 11.3 Å². The Hall–Kier alpha value is -0.870. The summed E-state index contributed by atoms with van der Waals surface area (Å²) in [5, 5.41) is 12.2. The van der Waals surface area contributed by atoms with Crippen LogP contribution in [-0.2, 0) is 12.8 Å². The third-order valence-corrected chi connectivity index (χ3v) is 4.97. The van der Waals surface area contributed by atoms with Crippen molar-refractivity contribution in [3.05, 3.63) is 21.4 Å². The van der Waals surface area contributed by atoms with Crippen LogP contribution in [0.25, 0.3) is 0 Å². The number of aryl methyl sites for hydroxylation is 2. The molecule has 3 nitrogen and oxygen atoms in total. The fourth-order valence-corrected chi connectivity index (χ4v) is 3.68. The van der Waals surface area contributed by atoms with E-state index in [1.54, 1.807) is 11.3 Å². The van der Waals surface area contributed by atoms with Crippen LogP contribution in [-0.4, -0.2) is 23.7 Å². The molecule has 19 heavy (non-hydrogen) atoms. The van der Waals surface area contributed by atoms with Crippen LogP contribution in [0.15, 0.2) is 6.07 Å². The minimum Gasteiger partial charge on any atom is -0.396 e. The van der Waals surface area contributed by atoms with Gasteiger partial charge >= 0.3 is 0 Å². The zero-order valence-electron chi connectivity index (χ0n) is 12.0. The Balaban J connectivity index is 2.06. The smallest absolute Gasteiger partial charge is 0.261 e. The van der Waals surface area contributed by atoms with E-state index >= 15 is 0 Å². The summed E-state index contributed by atoms with van der Waals surface area (Å²) in [6.45, 7) is 6.36. The van der Waals surface area contributed by atoms with E-state index in [0.717, 1.165) is 17.7 Å². The second-order valence-electron chi connectivity index (χ2n) is 6.32. The largest absolute Gasteiger partial charge is 0.396 e. The summed E-state index contributed by atoms with van der Waals surface area (Å²) in [6.07, 6.45) is 4.05. The Morgan fingerprint density at radius 3 is 2.79 bits per heavy atom. The second-order valence-corrected chi connectivity index (χ2v) is 7.45. The molecule has 1 aromatic rings. The summed E-state index contributed by atoms with van der Waals surface area (Å²) in [5.74, 6) is 0.00720. The number of hydrogen-bond donors (Lipinski definition) is 2. The van der Waals surface area contributed by atoms with Crippen LogP contribution < -0.4 is 5.32 Å². The first-order chi connectivity index (χ1) is 8.91. The zero-order chi connectivity index (χ0) is 14.0. The second kappa shape index (κ2) is 5.63. The van der Waals surface area contributed by atoms with Crippen LogP contribution >= 0.6 is 11.3 Å². The molecule has 0 aromatic carbocycles. The molecule has 1 aromatic heterocycles. The van der Waals surface area contributed by atoms with Gasteiger partial charge in [-0.05, 0) is 42.7 Å². The van der Waals surface area contributed by atoms with E-state index < -0.39 is 0 Å². The van der Waals surface area contributed by atoms with Crippen molar-refractivity contribution in [3.63, 3.8) is 0 Å². The number of nitrogens with one attached hydrogen (secondary N) is 1. The number of hydrogen-bond acceptors (Lipinski definition) is 3. The number of rotatable bonds is 4. The number of thiophene rings is 1. The molecular weight excluding hydrogens is 258 g/mol. The third kappa shape index (κ3) is 3.37. The number of carbonyl (C=O) groups excluding carboxylic acids is 1. The standard InChI is InChI=1S/C15H23NO2S/c1-15(2,3)13(7-8-17)16-14(18)12-9-10-5-4-6-11(10)19-12/h9,13,17H,4-8H2,1-3H3,(H,16,18). The lowest BCUT2D eigenvalue weighted by Crippen LogP contribution is -2.44. The van der Waals surface area contributed by atoms with Gasteiger partial charge in [-0.2, -0.15) is 0 Å². The summed E-state index contributed by atoms with van der Waals surface area (Å²) >= 11 is 1.63. The number of fused-ring (bicyclic) bond motifs is 1. The normalized spacial score (nSPS) is 16.2. The van der Waals surface area contributed by atoms with Crippen molar-refractivity contribution in [1.29, 1.82) is 0 Å². The van der Waals surface area contributed by atoms with E-state index in [0.29, 0.717) is 6.42 Å². The predicted molar refractivity (Wildman–Crippen MR) is 78.8 cm³/mol. The predicted octanol–water partition coefficient (Wildman–Crippen LogP) is 2.76. The van der Waals surface area contributed by atoms with E-state index in [2.05, 4.69) is 26.1 Å². The van der Waals surface area contributed by atoms with Crippen molar-refractivity contribution in [2.75, 3.05) is 6.61 Å². The Morgan fingerprint density at radius 2 is 2.21 bits per heavy atom. The highest BCUT2D eigenvalue weighted by molar-refractivity contribution is 7.14. The van der Waals surface area contributed by atoms with E-state index in [9.17, 15) is 4.79 Å². The molecule has 0 aliphatic heterocycles. The average molecular weight is 281 g/mol. The lowest BCUT2D eigenvalue weighted by Gasteiger charge is -2.31. The van der Waals surface area contributed by atoms with Crippen LogP contribution in [0.5, 0.6) is 0 Å². The maximum Gasteiger partial charge on any atom is 0.261 e. The summed E-state index contributed by atoms with van der Waals surface area (Å²) in [4.78, 5) is 14.5. The van der Waals surface area contributed by atoms with Gasteiger partial charge < -0.3 is 10.4 Å². The van der Waals surface area contributed by atoms with Gasteiger partial charge in [0.1, 0.15) is 0 Å². The molecule has 0 spiro atoms. The highest BCUT2D eigenvalue weighted by atomic mass is 32.1. The molecule has 2 N–H and O–H groups in total. The van der Waals surface area contributed by atoms with Crippen molar-refractivity contribution < 1.29 is 9.90 Å². The first-order valence-electron chi connectivity index (χ1n) is 6.95. The highest BCUT2D eigenvalue weighted by Crippen LogP contribution is 2.31. The molecule has 106 valence electrons. The van der Waals surface area contributed by atoms with Crippen LogP contribution in [0, 0.1) is 5.41 Å².